The lowest BCUT2D eigenvalue weighted by molar-refractivity contribution is 0.0501. The molecule has 174 valence electrons. The number of hydrogen-bond donors (Lipinski definition) is 0. The maximum absolute atomic E-state index is 12.4. The third kappa shape index (κ3) is 5.24. The maximum Gasteiger partial charge on any atom is 0.351 e. The molecule has 0 amide bonds. The van der Waals surface area contributed by atoms with Crippen molar-refractivity contribution in [2.24, 2.45) is 0 Å². The van der Waals surface area contributed by atoms with Crippen molar-refractivity contribution in [2.75, 3.05) is 12.4 Å². The van der Waals surface area contributed by atoms with Gasteiger partial charge in [0.05, 0.1) is 17.8 Å². The van der Waals surface area contributed by atoms with Crippen LogP contribution in [0.1, 0.15) is 16.8 Å². The van der Waals surface area contributed by atoms with E-state index >= 15 is 0 Å². The molecule has 3 aromatic carbocycles. The number of thioether (sulfide) groups is 1. The van der Waals surface area contributed by atoms with Crippen molar-refractivity contribution in [3.05, 3.63) is 106 Å². The minimum Gasteiger partial charge on any atom is -0.462 e. The number of nitrogens with zero attached hydrogens (tertiary/aromatic N) is 1. The zero-order chi connectivity index (χ0) is 24.2. The number of para-hydroxylation sites is 2. The van der Waals surface area contributed by atoms with Crippen molar-refractivity contribution in [2.45, 2.75) is 11.3 Å². The number of esters is 1. The van der Waals surface area contributed by atoms with Crippen molar-refractivity contribution in [1.29, 1.82) is 0 Å². The molecule has 0 bridgehead atoms. The van der Waals surface area contributed by atoms with Gasteiger partial charge in [-0.3, -0.25) is 0 Å². The molecule has 0 radical (unpaired) electrons. The standard InChI is InChI=1S/C28H20ClNO4S/c29-20-12-10-18(11-13-20)24-17-26(21-7-2-3-8-23(21)30-24)35-15-5-14-33-27(31)22-16-19-6-1-4-9-25(19)34-28(22)32/h1-4,6-13,16-17H,5,14-15H2. The Morgan fingerprint density at radius 3 is 2.60 bits per heavy atom. The first-order valence-electron chi connectivity index (χ1n) is 11.1. The Balaban J connectivity index is 1.25. The van der Waals surface area contributed by atoms with Crippen LogP contribution in [0, 0.1) is 0 Å². The number of pyridine rings is 1. The molecule has 0 aliphatic heterocycles. The van der Waals surface area contributed by atoms with E-state index in [1.807, 2.05) is 48.5 Å². The Labute approximate surface area is 210 Å². The number of halogens is 1. The summed E-state index contributed by atoms with van der Waals surface area (Å²) in [6.07, 6.45) is 0.627. The summed E-state index contributed by atoms with van der Waals surface area (Å²) in [7, 11) is 0. The van der Waals surface area contributed by atoms with E-state index in [9.17, 15) is 9.59 Å². The van der Waals surface area contributed by atoms with Gasteiger partial charge in [0.15, 0.2) is 0 Å². The van der Waals surface area contributed by atoms with E-state index in [4.69, 9.17) is 25.7 Å². The molecule has 0 atom stereocenters. The summed E-state index contributed by atoms with van der Waals surface area (Å²) in [4.78, 5) is 30.5. The molecule has 2 aromatic heterocycles. The van der Waals surface area contributed by atoms with E-state index in [1.54, 1.807) is 30.0 Å². The van der Waals surface area contributed by atoms with Crippen LogP contribution in [0.3, 0.4) is 0 Å². The van der Waals surface area contributed by atoms with E-state index < -0.39 is 11.6 Å². The Kier molecular flexibility index (Phi) is 6.84. The van der Waals surface area contributed by atoms with E-state index in [1.165, 1.54) is 6.07 Å². The van der Waals surface area contributed by atoms with Gasteiger partial charge in [-0.15, -0.1) is 11.8 Å². The monoisotopic (exact) mass is 501 g/mol. The van der Waals surface area contributed by atoms with Crippen LogP contribution in [0.4, 0.5) is 0 Å². The van der Waals surface area contributed by atoms with Gasteiger partial charge >= 0.3 is 11.6 Å². The molecule has 0 saturated carbocycles. The highest BCUT2D eigenvalue weighted by Gasteiger charge is 2.15. The molecule has 5 aromatic rings. The van der Waals surface area contributed by atoms with Gasteiger partial charge in [0.2, 0.25) is 0 Å². The molecule has 0 fully saturated rings. The topological polar surface area (TPSA) is 69.4 Å². The van der Waals surface area contributed by atoms with Gasteiger partial charge in [-0.05, 0) is 42.8 Å². The normalized spacial score (nSPS) is 11.1. The van der Waals surface area contributed by atoms with Gasteiger partial charge in [0.1, 0.15) is 11.1 Å². The van der Waals surface area contributed by atoms with Gasteiger partial charge in [-0.1, -0.05) is 60.1 Å². The molecule has 0 unspecified atom stereocenters. The third-order valence-corrected chi connectivity index (χ3v) is 6.85. The fourth-order valence-corrected chi connectivity index (χ4v) is 4.85. The predicted octanol–water partition coefficient (Wildman–Crippen LogP) is 7.00. The third-order valence-electron chi connectivity index (χ3n) is 5.46. The van der Waals surface area contributed by atoms with Gasteiger partial charge in [0.25, 0.3) is 0 Å². The highest BCUT2D eigenvalue weighted by Crippen LogP contribution is 2.32. The second-order valence-electron chi connectivity index (χ2n) is 7.85. The van der Waals surface area contributed by atoms with E-state index in [0.29, 0.717) is 22.4 Å². The molecule has 5 rings (SSSR count). The smallest absolute Gasteiger partial charge is 0.351 e. The number of fused-ring (bicyclic) bond motifs is 2. The Bertz CT molecular complexity index is 1580. The molecular weight excluding hydrogens is 482 g/mol. The van der Waals surface area contributed by atoms with Gasteiger partial charge < -0.3 is 9.15 Å². The summed E-state index contributed by atoms with van der Waals surface area (Å²) in [5, 5.41) is 2.43. The molecule has 0 spiro atoms. The van der Waals surface area contributed by atoms with Crippen LogP contribution in [0.5, 0.6) is 0 Å². The molecule has 0 saturated heterocycles. The number of benzene rings is 3. The SMILES string of the molecule is O=C(OCCCSc1cc(-c2ccc(Cl)cc2)nc2ccccc12)c1cc2ccccc2oc1=O. The Morgan fingerprint density at radius 1 is 0.971 bits per heavy atom. The van der Waals surface area contributed by atoms with Crippen LogP contribution in [-0.2, 0) is 4.74 Å². The average Bonchev–Trinajstić information content (AvgIpc) is 2.88. The predicted molar refractivity (Wildman–Crippen MR) is 140 cm³/mol. The summed E-state index contributed by atoms with van der Waals surface area (Å²) in [5.74, 6) is 0.0575. The van der Waals surface area contributed by atoms with E-state index in [2.05, 4.69) is 12.1 Å². The second kappa shape index (κ2) is 10.3. The fourth-order valence-electron chi connectivity index (χ4n) is 3.72. The highest BCUT2D eigenvalue weighted by molar-refractivity contribution is 7.99. The van der Waals surface area contributed by atoms with Crippen molar-refractivity contribution >= 4 is 51.2 Å². The van der Waals surface area contributed by atoms with Crippen molar-refractivity contribution < 1.29 is 13.9 Å². The van der Waals surface area contributed by atoms with Crippen molar-refractivity contribution in [1.82, 2.24) is 4.98 Å². The molecule has 0 aliphatic carbocycles. The van der Waals surface area contributed by atoms with Crippen molar-refractivity contribution in [3.8, 4) is 11.3 Å². The summed E-state index contributed by atoms with van der Waals surface area (Å²) in [6.45, 7) is 0.200. The lowest BCUT2D eigenvalue weighted by Crippen LogP contribution is -2.17. The first-order chi connectivity index (χ1) is 17.1. The van der Waals surface area contributed by atoms with Crippen LogP contribution in [0.25, 0.3) is 33.1 Å². The van der Waals surface area contributed by atoms with Crippen molar-refractivity contribution in [3.63, 3.8) is 0 Å². The number of ether oxygens (including phenoxy) is 1. The van der Waals surface area contributed by atoms with Gasteiger partial charge in [0, 0.05) is 32.0 Å². The quantitative estimate of drug-likeness (QED) is 0.103. The van der Waals surface area contributed by atoms with Crippen LogP contribution in [0.15, 0.2) is 99.0 Å². The van der Waals surface area contributed by atoms with Crippen LogP contribution < -0.4 is 5.63 Å². The van der Waals surface area contributed by atoms with E-state index in [0.717, 1.165) is 32.8 Å². The lowest BCUT2D eigenvalue weighted by atomic mass is 10.1. The molecular formula is C28H20ClNO4S. The zero-order valence-electron chi connectivity index (χ0n) is 18.6. The van der Waals surface area contributed by atoms with Gasteiger partial charge in [-0.2, -0.15) is 0 Å². The Hall–Kier alpha value is -3.61. The summed E-state index contributed by atoms with van der Waals surface area (Å²) in [6, 6.07) is 26.3. The summed E-state index contributed by atoms with van der Waals surface area (Å²) in [5.41, 5.74) is 2.43. The minimum atomic E-state index is -0.693. The average molecular weight is 502 g/mol. The zero-order valence-corrected chi connectivity index (χ0v) is 20.1. The minimum absolute atomic E-state index is 0.0934. The van der Waals surface area contributed by atoms with Gasteiger partial charge in [-0.25, -0.2) is 14.6 Å². The van der Waals surface area contributed by atoms with E-state index in [-0.39, 0.29) is 12.2 Å². The number of rotatable bonds is 7. The molecule has 5 nitrogen and oxygen atoms in total. The first-order valence-corrected chi connectivity index (χ1v) is 12.4. The largest absolute Gasteiger partial charge is 0.462 e. The molecule has 35 heavy (non-hydrogen) atoms. The second-order valence-corrected chi connectivity index (χ2v) is 9.43. The molecule has 0 N–H and O–H groups in total. The summed E-state index contributed by atoms with van der Waals surface area (Å²) < 4.78 is 10.6. The maximum atomic E-state index is 12.4. The summed E-state index contributed by atoms with van der Waals surface area (Å²) >= 11 is 7.71. The number of hydrogen-bond acceptors (Lipinski definition) is 6. The highest BCUT2D eigenvalue weighted by atomic mass is 35.5. The number of carbonyl (C=O) groups is 1. The molecule has 2 heterocycles. The number of aromatic nitrogens is 1. The lowest BCUT2D eigenvalue weighted by Gasteiger charge is -2.10. The van der Waals surface area contributed by atoms with Crippen LogP contribution in [-0.4, -0.2) is 23.3 Å². The van der Waals surface area contributed by atoms with Crippen LogP contribution in [0.2, 0.25) is 5.02 Å². The molecule has 7 heteroatoms. The number of carbonyl (C=O) groups excluding carboxylic acids is 1. The first kappa shape index (κ1) is 23.1. The fraction of sp³-hybridized carbons (Fsp3) is 0.107. The van der Waals surface area contributed by atoms with Crippen LogP contribution >= 0.6 is 23.4 Å². The Morgan fingerprint density at radius 2 is 1.74 bits per heavy atom. The molecule has 0 aliphatic rings.